The molecule has 1 atom stereocenters. The Hall–Kier alpha value is -0.960. The third kappa shape index (κ3) is 3.88. The molecular weight excluding hydrogens is 507 g/mol. The second kappa shape index (κ2) is 8.05. The number of allylic oxidation sites excluding steroid dienone is 1. The molecule has 4 rings (SSSR count). The van der Waals surface area contributed by atoms with Crippen LogP contribution in [0.25, 0.3) is 11.6 Å². The summed E-state index contributed by atoms with van der Waals surface area (Å²) in [5.74, 6) is 0.482. The highest BCUT2D eigenvalue weighted by atomic mass is 127. The molecule has 0 N–H and O–H groups in total. The summed E-state index contributed by atoms with van der Waals surface area (Å²) in [6.07, 6.45) is 7.05. The second-order valence-corrected chi connectivity index (χ2v) is 10.7. The second-order valence-electron chi connectivity index (χ2n) is 7.49. The van der Waals surface area contributed by atoms with E-state index < -0.39 is 10.0 Å². The predicted octanol–water partition coefficient (Wildman–Crippen LogP) is 4.83. The Kier molecular flexibility index (Phi) is 5.84. The summed E-state index contributed by atoms with van der Waals surface area (Å²) >= 11 is 8.71. The van der Waals surface area contributed by atoms with Gasteiger partial charge in [-0.3, -0.25) is 4.98 Å². The van der Waals surface area contributed by atoms with Crippen molar-refractivity contribution in [1.29, 1.82) is 0 Å². The standard InChI is InChI=1S/C21H22ClIN2O2S/c1-28(26,27)25-9-6-14(7-10-25)20-18-5-4-17(22)12-15(18)11-16(13-23)19-3-2-8-24-21(19)20/h2-5,8,11-12,14,20H,6-7,9-10,13H2,1H3. The van der Waals surface area contributed by atoms with Gasteiger partial charge in [-0.1, -0.05) is 46.3 Å². The van der Waals surface area contributed by atoms with Crippen molar-refractivity contribution in [2.75, 3.05) is 23.8 Å². The molecule has 1 fully saturated rings. The van der Waals surface area contributed by atoms with E-state index in [1.165, 1.54) is 23.0 Å². The zero-order valence-electron chi connectivity index (χ0n) is 15.6. The van der Waals surface area contributed by atoms with Crippen LogP contribution in [0.3, 0.4) is 0 Å². The van der Waals surface area contributed by atoms with Crippen LogP contribution in [0, 0.1) is 5.92 Å². The first-order valence-electron chi connectivity index (χ1n) is 9.35. The zero-order valence-corrected chi connectivity index (χ0v) is 19.3. The van der Waals surface area contributed by atoms with Crippen LogP contribution >= 0.6 is 34.2 Å². The number of alkyl halides is 1. The van der Waals surface area contributed by atoms with Crippen molar-refractivity contribution in [2.45, 2.75) is 18.8 Å². The molecule has 0 spiro atoms. The molecule has 1 unspecified atom stereocenters. The first kappa shape index (κ1) is 20.3. The maximum Gasteiger partial charge on any atom is 0.211 e. The van der Waals surface area contributed by atoms with E-state index in [0.717, 1.165) is 33.5 Å². The molecule has 0 amide bonds. The molecule has 0 radical (unpaired) electrons. The number of aromatic nitrogens is 1. The Morgan fingerprint density at radius 1 is 1.25 bits per heavy atom. The fourth-order valence-electron chi connectivity index (χ4n) is 4.43. The third-order valence-electron chi connectivity index (χ3n) is 5.78. The van der Waals surface area contributed by atoms with Gasteiger partial charge < -0.3 is 0 Å². The molecule has 1 aliphatic carbocycles. The van der Waals surface area contributed by atoms with Gasteiger partial charge >= 0.3 is 0 Å². The average Bonchev–Trinajstić information content (AvgIpc) is 2.81. The lowest BCUT2D eigenvalue weighted by Crippen LogP contribution is -2.39. The van der Waals surface area contributed by atoms with E-state index in [4.69, 9.17) is 16.6 Å². The van der Waals surface area contributed by atoms with Gasteiger partial charge in [0.1, 0.15) is 0 Å². The molecule has 2 heterocycles. The Bertz CT molecular complexity index is 1030. The highest BCUT2D eigenvalue weighted by Crippen LogP contribution is 2.45. The van der Waals surface area contributed by atoms with Crippen LogP contribution in [-0.2, 0) is 10.0 Å². The number of halogens is 2. The van der Waals surface area contributed by atoms with Crippen LogP contribution in [0.15, 0.2) is 36.5 Å². The molecule has 2 aliphatic rings. The quantitative estimate of drug-likeness (QED) is 0.424. The summed E-state index contributed by atoms with van der Waals surface area (Å²) in [6.45, 7) is 1.13. The Balaban J connectivity index is 1.80. The van der Waals surface area contributed by atoms with Crippen LogP contribution in [0.4, 0.5) is 0 Å². The number of benzene rings is 1. The van der Waals surface area contributed by atoms with Crippen molar-refractivity contribution in [3.8, 4) is 0 Å². The van der Waals surface area contributed by atoms with Gasteiger partial charge in [0.05, 0.1) is 11.9 Å². The lowest BCUT2D eigenvalue weighted by atomic mass is 9.76. The Morgan fingerprint density at radius 3 is 2.68 bits per heavy atom. The molecule has 2 aromatic rings. The van der Waals surface area contributed by atoms with Gasteiger partial charge in [0, 0.05) is 40.2 Å². The van der Waals surface area contributed by atoms with Gasteiger partial charge in [0.25, 0.3) is 0 Å². The van der Waals surface area contributed by atoms with E-state index in [9.17, 15) is 8.42 Å². The lowest BCUT2D eigenvalue weighted by Gasteiger charge is -2.35. The number of fused-ring (bicyclic) bond motifs is 2. The van der Waals surface area contributed by atoms with Crippen molar-refractivity contribution in [3.05, 3.63) is 63.9 Å². The van der Waals surface area contributed by atoms with E-state index in [1.807, 2.05) is 24.4 Å². The Labute approximate surface area is 185 Å². The van der Waals surface area contributed by atoms with Gasteiger partial charge in [0.2, 0.25) is 10.0 Å². The van der Waals surface area contributed by atoms with Crippen LogP contribution in [-0.4, -0.2) is 41.5 Å². The van der Waals surface area contributed by atoms with Crippen molar-refractivity contribution >= 4 is 55.9 Å². The minimum Gasteiger partial charge on any atom is -0.260 e. The van der Waals surface area contributed by atoms with Gasteiger partial charge in [-0.15, -0.1) is 0 Å². The highest BCUT2D eigenvalue weighted by Gasteiger charge is 2.35. The predicted molar refractivity (Wildman–Crippen MR) is 123 cm³/mol. The first-order chi connectivity index (χ1) is 13.4. The van der Waals surface area contributed by atoms with E-state index in [2.05, 4.69) is 40.8 Å². The van der Waals surface area contributed by atoms with Gasteiger partial charge in [0.15, 0.2) is 0 Å². The molecule has 4 nitrogen and oxygen atoms in total. The summed E-state index contributed by atoms with van der Waals surface area (Å²) in [6, 6.07) is 10.2. The Morgan fingerprint density at radius 2 is 2.00 bits per heavy atom. The summed E-state index contributed by atoms with van der Waals surface area (Å²) in [5, 5.41) is 0.729. The number of hydrogen-bond donors (Lipinski definition) is 0. The molecule has 1 saturated heterocycles. The summed E-state index contributed by atoms with van der Waals surface area (Å²) in [4.78, 5) is 4.81. The van der Waals surface area contributed by atoms with Crippen molar-refractivity contribution in [2.24, 2.45) is 5.92 Å². The van der Waals surface area contributed by atoms with Crippen molar-refractivity contribution in [1.82, 2.24) is 9.29 Å². The van der Waals surface area contributed by atoms with Crippen molar-refractivity contribution in [3.63, 3.8) is 0 Å². The molecule has 7 heteroatoms. The largest absolute Gasteiger partial charge is 0.260 e. The smallest absolute Gasteiger partial charge is 0.211 e. The molecular formula is C21H22ClIN2O2S. The van der Waals surface area contributed by atoms with Crippen LogP contribution < -0.4 is 0 Å². The first-order valence-corrected chi connectivity index (χ1v) is 13.1. The lowest BCUT2D eigenvalue weighted by molar-refractivity contribution is 0.256. The summed E-state index contributed by atoms with van der Waals surface area (Å²) in [5.41, 5.74) is 5.93. The number of sulfonamides is 1. The van der Waals surface area contributed by atoms with Crippen molar-refractivity contribution < 1.29 is 8.42 Å². The minimum atomic E-state index is -3.14. The van der Waals surface area contributed by atoms with Crippen LogP contribution in [0.1, 0.15) is 41.1 Å². The van der Waals surface area contributed by atoms with E-state index >= 15 is 0 Å². The SMILES string of the molecule is CS(=O)(=O)N1CCC(C2c3ccc(Cl)cc3C=C(CI)c3cccnc32)CC1. The molecule has 1 aliphatic heterocycles. The molecule has 1 aromatic carbocycles. The van der Waals surface area contributed by atoms with Crippen LogP contribution in [0.5, 0.6) is 0 Å². The maximum atomic E-state index is 11.9. The topological polar surface area (TPSA) is 50.3 Å². The monoisotopic (exact) mass is 528 g/mol. The fraction of sp³-hybridized carbons (Fsp3) is 0.381. The van der Waals surface area contributed by atoms with E-state index in [0.29, 0.717) is 19.0 Å². The van der Waals surface area contributed by atoms with Gasteiger partial charge in [-0.25, -0.2) is 12.7 Å². The number of piperidine rings is 1. The van der Waals surface area contributed by atoms with Crippen LogP contribution in [0.2, 0.25) is 5.02 Å². The summed E-state index contributed by atoms with van der Waals surface area (Å²) < 4.78 is 26.3. The fourth-order valence-corrected chi connectivity index (χ4v) is 6.12. The van der Waals surface area contributed by atoms with E-state index in [1.54, 1.807) is 4.31 Å². The molecule has 148 valence electrons. The molecule has 1 aromatic heterocycles. The van der Waals surface area contributed by atoms with Gasteiger partial charge in [-0.2, -0.15) is 0 Å². The highest BCUT2D eigenvalue weighted by molar-refractivity contribution is 14.1. The normalized spacial score (nSPS) is 20.8. The maximum absolute atomic E-state index is 11.9. The molecule has 0 bridgehead atoms. The third-order valence-corrected chi connectivity index (χ3v) is 8.14. The summed E-state index contributed by atoms with van der Waals surface area (Å²) in [7, 11) is -3.14. The molecule has 0 saturated carbocycles. The van der Waals surface area contributed by atoms with E-state index in [-0.39, 0.29) is 5.92 Å². The number of hydrogen-bond acceptors (Lipinski definition) is 3. The van der Waals surface area contributed by atoms with Gasteiger partial charge in [-0.05, 0) is 59.7 Å². The number of rotatable bonds is 3. The zero-order chi connectivity index (χ0) is 19.9. The molecule has 28 heavy (non-hydrogen) atoms. The number of pyridine rings is 1. The average molecular weight is 529 g/mol. The minimum absolute atomic E-state index is 0.141. The number of nitrogens with zero attached hydrogens (tertiary/aromatic N) is 2.